The van der Waals surface area contributed by atoms with Gasteiger partial charge in [-0.05, 0) is 28.4 Å². The van der Waals surface area contributed by atoms with Crippen molar-refractivity contribution in [3.63, 3.8) is 0 Å². The molecule has 0 aliphatic rings. The van der Waals surface area contributed by atoms with Gasteiger partial charge in [-0.25, -0.2) is 4.79 Å². The Balaban J connectivity index is 0.00000118. The lowest BCUT2D eigenvalue weighted by molar-refractivity contribution is -0.192. The molecule has 0 saturated carbocycles. The number of carbonyl (C=O) groups is 3. The van der Waals surface area contributed by atoms with E-state index in [2.05, 4.69) is 33.0 Å². The summed E-state index contributed by atoms with van der Waals surface area (Å²) in [5.41, 5.74) is 6.95. The summed E-state index contributed by atoms with van der Waals surface area (Å²) in [7, 11) is 0. The summed E-state index contributed by atoms with van der Waals surface area (Å²) in [5.74, 6) is -2.07. The number of ether oxygens (including phenoxy) is 1. The number of nitrogens with two attached hydrogens (primary N) is 1. The second-order valence-electron chi connectivity index (χ2n) is 8.67. The number of para-hydroxylation sites is 1. The van der Waals surface area contributed by atoms with E-state index in [1.807, 2.05) is 32.0 Å². The summed E-state index contributed by atoms with van der Waals surface area (Å²) >= 11 is 0. The Morgan fingerprint density at radius 3 is 1.84 bits per heavy atom. The van der Waals surface area contributed by atoms with Crippen molar-refractivity contribution in [2.24, 2.45) is 11.1 Å². The van der Waals surface area contributed by atoms with Crippen LogP contribution in [-0.4, -0.2) is 42.2 Å². The normalized spacial score (nSPS) is 11.6. The maximum atomic E-state index is 12.5. The van der Waals surface area contributed by atoms with Crippen LogP contribution in [0.5, 0.6) is 5.75 Å². The smallest absolute Gasteiger partial charge is 0.475 e. The first kappa shape index (κ1) is 29.4. The molecule has 0 unspecified atom stereocenters. The van der Waals surface area contributed by atoms with Crippen molar-refractivity contribution < 1.29 is 37.4 Å². The zero-order valence-corrected chi connectivity index (χ0v) is 19.3. The average molecular weight is 463 g/mol. The first-order valence-electron chi connectivity index (χ1n) is 10.1. The molecule has 0 atom stereocenters. The predicted octanol–water partition coefficient (Wildman–Crippen LogP) is 3.96. The highest BCUT2D eigenvalue weighted by Gasteiger charge is 2.38. The quantitative estimate of drug-likeness (QED) is 0.397. The Hall–Kier alpha value is -2.62. The minimum absolute atomic E-state index is 0.0555. The molecule has 1 aromatic rings. The molecular formula is C22H33F3N2O5. The van der Waals surface area contributed by atoms with Crippen LogP contribution in [-0.2, 0) is 14.4 Å². The average Bonchev–Trinajstić information content (AvgIpc) is 2.65. The van der Waals surface area contributed by atoms with E-state index in [1.54, 1.807) is 0 Å². The molecule has 182 valence electrons. The highest BCUT2D eigenvalue weighted by molar-refractivity contribution is 5.78. The van der Waals surface area contributed by atoms with Gasteiger partial charge in [-0.1, -0.05) is 59.7 Å². The number of rotatable bonds is 8. The van der Waals surface area contributed by atoms with Gasteiger partial charge in [-0.2, -0.15) is 13.2 Å². The number of hydrogen-bond donors (Lipinski definition) is 3. The Morgan fingerprint density at radius 2 is 1.50 bits per heavy atom. The number of halogens is 3. The molecule has 0 fully saturated rings. The highest BCUT2D eigenvalue weighted by Crippen LogP contribution is 2.35. The van der Waals surface area contributed by atoms with Gasteiger partial charge in [-0.15, -0.1) is 0 Å². The standard InChI is InChI=1S/C20H32N2O3.C2HF3O2/c1-13(2)15-8-7-9-16(14(3)4)19(15)25-18(24)10-20(5,6)12-22-17(23)11-21;3-2(4,5)1(6)7/h7-9,13-14H,10-12,21H2,1-6H3,(H,22,23);(H,6,7). The molecule has 7 nitrogen and oxygen atoms in total. The van der Waals surface area contributed by atoms with Gasteiger partial charge in [0.1, 0.15) is 5.75 Å². The van der Waals surface area contributed by atoms with E-state index < -0.39 is 17.6 Å². The van der Waals surface area contributed by atoms with Crippen LogP contribution in [0.1, 0.15) is 70.9 Å². The molecule has 10 heteroatoms. The topological polar surface area (TPSA) is 119 Å². The van der Waals surface area contributed by atoms with Crippen LogP contribution >= 0.6 is 0 Å². The summed E-state index contributed by atoms with van der Waals surface area (Å²) < 4.78 is 37.5. The fourth-order valence-electron chi connectivity index (χ4n) is 2.61. The van der Waals surface area contributed by atoms with E-state index in [0.717, 1.165) is 11.1 Å². The Labute approximate surface area is 186 Å². The van der Waals surface area contributed by atoms with Gasteiger partial charge in [0.25, 0.3) is 0 Å². The molecule has 1 amide bonds. The van der Waals surface area contributed by atoms with Crippen molar-refractivity contribution in [2.75, 3.05) is 13.1 Å². The van der Waals surface area contributed by atoms with Crippen molar-refractivity contribution in [3.05, 3.63) is 29.3 Å². The zero-order chi connectivity index (χ0) is 25.3. The van der Waals surface area contributed by atoms with Gasteiger partial charge < -0.3 is 20.9 Å². The number of carbonyl (C=O) groups excluding carboxylic acids is 2. The number of nitrogens with one attached hydrogen (secondary N) is 1. The molecule has 0 radical (unpaired) electrons. The fourth-order valence-corrected chi connectivity index (χ4v) is 2.61. The van der Waals surface area contributed by atoms with Crippen molar-refractivity contribution in [2.45, 2.75) is 66.0 Å². The number of benzene rings is 1. The van der Waals surface area contributed by atoms with Crippen LogP contribution in [0.2, 0.25) is 0 Å². The molecule has 4 N–H and O–H groups in total. The van der Waals surface area contributed by atoms with Gasteiger partial charge in [-0.3, -0.25) is 9.59 Å². The minimum atomic E-state index is -5.08. The lowest BCUT2D eigenvalue weighted by atomic mass is 9.89. The summed E-state index contributed by atoms with van der Waals surface area (Å²) in [6.07, 6.45) is -4.87. The zero-order valence-electron chi connectivity index (χ0n) is 19.3. The van der Waals surface area contributed by atoms with Crippen LogP contribution in [0.25, 0.3) is 0 Å². The molecule has 0 heterocycles. The Bertz CT molecular complexity index is 764. The molecule has 32 heavy (non-hydrogen) atoms. The second-order valence-corrected chi connectivity index (χ2v) is 8.67. The van der Waals surface area contributed by atoms with E-state index >= 15 is 0 Å². The first-order chi connectivity index (χ1) is 14.5. The van der Waals surface area contributed by atoms with Crippen LogP contribution in [0.4, 0.5) is 13.2 Å². The van der Waals surface area contributed by atoms with Gasteiger partial charge in [0.05, 0.1) is 13.0 Å². The van der Waals surface area contributed by atoms with Crippen molar-refractivity contribution in [1.82, 2.24) is 5.32 Å². The van der Waals surface area contributed by atoms with Gasteiger partial charge in [0.2, 0.25) is 5.91 Å². The summed E-state index contributed by atoms with van der Waals surface area (Å²) in [5, 5.41) is 9.85. The Morgan fingerprint density at radius 1 is 1.06 bits per heavy atom. The van der Waals surface area contributed by atoms with Crippen molar-refractivity contribution in [3.8, 4) is 5.75 Å². The number of alkyl halides is 3. The maximum Gasteiger partial charge on any atom is 0.490 e. The van der Waals surface area contributed by atoms with Gasteiger partial charge >= 0.3 is 18.1 Å². The third kappa shape index (κ3) is 10.6. The number of esters is 1. The molecule has 0 aliphatic carbocycles. The molecule has 0 aromatic heterocycles. The minimum Gasteiger partial charge on any atom is -0.475 e. The third-order valence-corrected chi connectivity index (χ3v) is 4.35. The molecule has 1 rings (SSSR count). The molecule has 1 aromatic carbocycles. The molecule has 0 saturated heterocycles. The largest absolute Gasteiger partial charge is 0.490 e. The number of aliphatic carboxylic acids is 1. The molecular weight excluding hydrogens is 429 g/mol. The van der Waals surface area contributed by atoms with E-state index in [-0.39, 0.29) is 36.7 Å². The maximum absolute atomic E-state index is 12.5. The highest BCUT2D eigenvalue weighted by atomic mass is 19.4. The monoisotopic (exact) mass is 462 g/mol. The van der Waals surface area contributed by atoms with E-state index in [1.165, 1.54) is 0 Å². The van der Waals surface area contributed by atoms with Gasteiger partial charge in [0.15, 0.2) is 0 Å². The van der Waals surface area contributed by atoms with Crippen LogP contribution in [0.15, 0.2) is 18.2 Å². The Kier molecular flexibility index (Phi) is 11.4. The van der Waals surface area contributed by atoms with Crippen molar-refractivity contribution in [1.29, 1.82) is 0 Å². The van der Waals surface area contributed by atoms with E-state index in [4.69, 9.17) is 20.4 Å². The predicted molar refractivity (Wildman–Crippen MR) is 114 cm³/mol. The summed E-state index contributed by atoms with van der Waals surface area (Å²) in [6, 6.07) is 6.02. The third-order valence-electron chi connectivity index (χ3n) is 4.35. The van der Waals surface area contributed by atoms with Crippen LogP contribution in [0.3, 0.4) is 0 Å². The number of amides is 1. The fraction of sp³-hybridized carbons (Fsp3) is 0.591. The number of carboxylic acid groups (broad SMARTS) is 1. The number of hydrogen-bond acceptors (Lipinski definition) is 5. The van der Waals surface area contributed by atoms with E-state index in [9.17, 15) is 22.8 Å². The summed E-state index contributed by atoms with van der Waals surface area (Å²) in [6.45, 7) is 12.5. The van der Waals surface area contributed by atoms with Crippen molar-refractivity contribution >= 4 is 17.8 Å². The first-order valence-corrected chi connectivity index (χ1v) is 10.1. The lowest BCUT2D eigenvalue weighted by Gasteiger charge is -2.25. The second kappa shape index (κ2) is 12.4. The van der Waals surface area contributed by atoms with Crippen LogP contribution in [0, 0.1) is 5.41 Å². The number of carboxylic acids is 1. The SMILES string of the molecule is CC(C)c1cccc(C(C)C)c1OC(=O)CC(C)(C)CNC(=O)CN.O=C(O)C(F)(F)F. The van der Waals surface area contributed by atoms with Gasteiger partial charge in [0, 0.05) is 6.54 Å². The molecule has 0 aliphatic heterocycles. The van der Waals surface area contributed by atoms with E-state index in [0.29, 0.717) is 12.3 Å². The lowest BCUT2D eigenvalue weighted by Crippen LogP contribution is -2.38. The van der Waals surface area contributed by atoms with Crippen LogP contribution < -0.4 is 15.8 Å². The molecule has 0 spiro atoms. The molecule has 0 bridgehead atoms. The summed E-state index contributed by atoms with van der Waals surface area (Å²) in [4.78, 5) is 32.8.